The minimum atomic E-state index is -0.457. The van der Waals surface area contributed by atoms with Crippen molar-refractivity contribution in [1.82, 2.24) is 5.32 Å². The smallest absolute Gasteiger partial charge is 0.336 e. The number of Topliss-reactive ketones (excluding diaryl/α,β-unsaturated/α-hetero) is 1. The lowest BCUT2D eigenvalue weighted by Gasteiger charge is -2.36. The number of rotatable bonds is 5. The van der Waals surface area contributed by atoms with Gasteiger partial charge in [0, 0.05) is 33.8 Å². The summed E-state index contributed by atoms with van der Waals surface area (Å²) in [5, 5.41) is 3.38. The lowest BCUT2D eigenvalue weighted by molar-refractivity contribution is -0.138. The molecule has 0 spiro atoms. The Morgan fingerprint density at radius 2 is 1.88 bits per heavy atom. The third-order valence-electron chi connectivity index (χ3n) is 6.07. The van der Waals surface area contributed by atoms with Gasteiger partial charge in [-0.3, -0.25) is 4.79 Å². The Bertz CT molecular complexity index is 1130. The Morgan fingerprint density at radius 1 is 1.12 bits per heavy atom. The number of dihydropyridines is 1. The van der Waals surface area contributed by atoms with Gasteiger partial charge in [-0.15, -0.1) is 0 Å². The summed E-state index contributed by atoms with van der Waals surface area (Å²) in [5.74, 6) is 0.0205. The Balaban J connectivity index is 1.79. The van der Waals surface area contributed by atoms with Gasteiger partial charge in [0.05, 0.1) is 19.3 Å². The van der Waals surface area contributed by atoms with E-state index in [1.807, 2.05) is 55.5 Å². The molecule has 1 aliphatic carbocycles. The van der Waals surface area contributed by atoms with Crippen molar-refractivity contribution in [2.24, 2.45) is 0 Å². The number of benzene rings is 2. The number of carbonyl (C=O) groups is 2. The van der Waals surface area contributed by atoms with Crippen LogP contribution in [0.3, 0.4) is 0 Å². The van der Waals surface area contributed by atoms with Crippen LogP contribution in [0.1, 0.15) is 49.7 Å². The summed E-state index contributed by atoms with van der Waals surface area (Å²) in [6.07, 6.45) is 1.07. The summed E-state index contributed by atoms with van der Waals surface area (Å²) in [6.45, 7) is 3.94. The van der Waals surface area contributed by atoms with Crippen molar-refractivity contribution in [3.63, 3.8) is 0 Å². The molecule has 0 fully saturated rings. The maximum atomic E-state index is 13.6. The van der Waals surface area contributed by atoms with Gasteiger partial charge in [0.15, 0.2) is 5.78 Å². The number of esters is 1. The summed E-state index contributed by atoms with van der Waals surface area (Å²) >= 11 is 3.53. The van der Waals surface area contributed by atoms with Gasteiger partial charge in [-0.2, -0.15) is 0 Å². The van der Waals surface area contributed by atoms with Crippen LogP contribution in [0.2, 0.25) is 0 Å². The van der Waals surface area contributed by atoms with Gasteiger partial charge in [-0.05, 0) is 61.6 Å². The molecule has 4 rings (SSSR count). The third kappa shape index (κ3) is 4.24. The third-order valence-corrected chi connectivity index (χ3v) is 6.56. The second kappa shape index (κ2) is 9.33. The second-order valence-corrected chi connectivity index (χ2v) is 8.99. The van der Waals surface area contributed by atoms with Crippen LogP contribution in [-0.4, -0.2) is 25.5 Å². The van der Waals surface area contributed by atoms with Crippen molar-refractivity contribution in [2.45, 2.75) is 38.5 Å². The monoisotopic (exact) mass is 495 g/mol. The minimum Gasteiger partial charge on any atom is -0.497 e. The molecule has 0 amide bonds. The first-order valence-electron chi connectivity index (χ1n) is 10.7. The zero-order valence-electron chi connectivity index (χ0n) is 18.4. The van der Waals surface area contributed by atoms with Crippen LogP contribution in [0, 0.1) is 0 Å². The molecule has 166 valence electrons. The molecule has 0 aromatic heterocycles. The van der Waals surface area contributed by atoms with E-state index in [9.17, 15) is 9.59 Å². The molecular formula is C26H26BrNO4. The molecule has 0 radical (unpaired) electrons. The molecule has 6 heteroatoms. The zero-order chi connectivity index (χ0) is 22.8. The largest absolute Gasteiger partial charge is 0.497 e. The van der Waals surface area contributed by atoms with Crippen LogP contribution in [0.25, 0.3) is 0 Å². The van der Waals surface area contributed by atoms with Crippen molar-refractivity contribution >= 4 is 27.7 Å². The molecule has 5 nitrogen and oxygen atoms in total. The lowest BCUT2D eigenvalue weighted by Crippen LogP contribution is -2.36. The topological polar surface area (TPSA) is 64.6 Å². The first kappa shape index (κ1) is 22.3. The van der Waals surface area contributed by atoms with E-state index in [4.69, 9.17) is 9.47 Å². The normalized spacial score (nSPS) is 20.6. The maximum Gasteiger partial charge on any atom is 0.336 e. The van der Waals surface area contributed by atoms with Crippen molar-refractivity contribution in [3.05, 3.63) is 86.7 Å². The van der Waals surface area contributed by atoms with Crippen molar-refractivity contribution in [1.29, 1.82) is 0 Å². The molecule has 0 saturated carbocycles. The number of ketones is 1. The summed E-state index contributed by atoms with van der Waals surface area (Å²) in [4.78, 5) is 26.5. The molecule has 2 atom stereocenters. The predicted molar refractivity (Wildman–Crippen MR) is 126 cm³/mol. The molecule has 1 N–H and O–H groups in total. The molecular weight excluding hydrogens is 470 g/mol. The highest BCUT2D eigenvalue weighted by Crippen LogP contribution is 2.46. The van der Waals surface area contributed by atoms with E-state index in [2.05, 4.69) is 21.2 Å². The van der Waals surface area contributed by atoms with Crippen LogP contribution < -0.4 is 10.1 Å². The van der Waals surface area contributed by atoms with E-state index >= 15 is 0 Å². The van der Waals surface area contributed by atoms with E-state index in [0.29, 0.717) is 24.0 Å². The van der Waals surface area contributed by atoms with Crippen molar-refractivity contribution < 1.29 is 19.1 Å². The fraction of sp³-hybridized carbons (Fsp3) is 0.308. The standard InChI is InChI=1S/C26H26BrNO4/c1-4-32-26(30)23-15(2)28-21-13-18(16-7-6-10-20(12-16)31-3)14-22(29)25(21)24(23)17-8-5-9-19(27)11-17/h5-12,18,24,28H,4,13-14H2,1-3H3/t18-,24-/m0/s1. The summed E-state index contributed by atoms with van der Waals surface area (Å²) < 4.78 is 11.6. The van der Waals surface area contributed by atoms with Gasteiger partial charge in [0.2, 0.25) is 0 Å². The fourth-order valence-electron chi connectivity index (χ4n) is 4.67. The lowest BCUT2D eigenvalue weighted by atomic mass is 9.71. The van der Waals surface area contributed by atoms with Crippen LogP contribution in [0.4, 0.5) is 0 Å². The number of hydrogen-bond acceptors (Lipinski definition) is 5. The van der Waals surface area contributed by atoms with Crippen molar-refractivity contribution in [2.75, 3.05) is 13.7 Å². The van der Waals surface area contributed by atoms with E-state index in [1.54, 1.807) is 14.0 Å². The summed E-state index contributed by atoms with van der Waals surface area (Å²) in [5.41, 5.74) is 4.73. The number of halogens is 1. The van der Waals surface area contributed by atoms with Gasteiger partial charge in [-0.1, -0.05) is 40.2 Å². The number of ether oxygens (including phenoxy) is 2. The fourth-order valence-corrected chi connectivity index (χ4v) is 5.09. The average molecular weight is 496 g/mol. The summed E-state index contributed by atoms with van der Waals surface area (Å²) in [6, 6.07) is 15.7. The van der Waals surface area contributed by atoms with Crippen LogP contribution in [0.5, 0.6) is 5.75 Å². The molecule has 2 aliphatic rings. The predicted octanol–water partition coefficient (Wildman–Crippen LogP) is 5.38. The van der Waals surface area contributed by atoms with E-state index in [-0.39, 0.29) is 18.3 Å². The van der Waals surface area contributed by atoms with Gasteiger partial charge in [-0.25, -0.2) is 4.79 Å². The first-order chi connectivity index (χ1) is 15.4. The van der Waals surface area contributed by atoms with Gasteiger partial charge >= 0.3 is 5.97 Å². The average Bonchev–Trinajstić information content (AvgIpc) is 2.78. The number of methoxy groups -OCH3 is 1. The number of allylic oxidation sites excluding steroid dienone is 3. The molecule has 2 aromatic carbocycles. The van der Waals surface area contributed by atoms with Crippen LogP contribution in [-0.2, 0) is 14.3 Å². The van der Waals surface area contributed by atoms with Gasteiger partial charge in [0.1, 0.15) is 5.75 Å². The first-order valence-corrected chi connectivity index (χ1v) is 11.5. The van der Waals surface area contributed by atoms with Crippen molar-refractivity contribution in [3.8, 4) is 5.75 Å². The molecule has 2 aromatic rings. The quantitative estimate of drug-likeness (QED) is 0.563. The Labute approximate surface area is 196 Å². The number of hydrogen-bond donors (Lipinski definition) is 1. The molecule has 1 aliphatic heterocycles. The Hall–Kier alpha value is -2.86. The van der Waals surface area contributed by atoms with Gasteiger partial charge < -0.3 is 14.8 Å². The molecule has 0 bridgehead atoms. The highest BCUT2D eigenvalue weighted by atomic mass is 79.9. The molecule has 0 unspecified atom stereocenters. The zero-order valence-corrected chi connectivity index (χ0v) is 20.0. The molecule has 32 heavy (non-hydrogen) atoms. The highest BCUT2D eigenvalue weighted by molar-refractivity contribution is 9.10. The second-order valence-electron chi connectivity index (χ2n) is 8.07. The van der Waals surface area contributed by atoms with Crippen LogP contribution in [0.15, 0.2) is 75.5 Å². The minimum absolute atomic E-state index is 0.0453. The molecule has 1 heterocycles. The maximum absolute atomic E-state index is 13.6. The van der Waals surface area contributed by atoms with Crippen LogP contribution >= 0.6 is 15.9 Å². The SMILES string of the molecule is CCOC(=O)C1=C(C)NC2=C(C(=O)C[C@@H](c3cccc(OC)c3)C2)[C@H]1c1cccc(Br)c1. The Morgan fingerprint density at radius 3 is 2.59 bits per heavy atom. The highest BCUT2D eigenvalue weighted by Gasteiger charge is 2.41. The van der Waals surface area contributed by atoms with E-state index in [0.717, 1.165) is 32.7 Å². The Kier molecular flexibility index (Phi) is 6.51. The van der Waals surface area contributed by atoms with E-state index in [1.165, 1.54) is 0 Å². The van der Waals surface area contributed by atoms with E-state index < -0.39 is 11.9 Å². The number of nitrogens with one attached hydrogen (secondary N) is 1. The summed E-state index contributed by atoms with van der Waals surface area (Å²) in [7, 11) is 1.64. The number of carbonyl (C=O) groups excluding carboxylic acids is 2. The van der Waals surface area contributed by atoms with Gasteiger partial charge in [0.25, 0.3) is 0 Å². The molecule has 0 saturated heterocycles.